The second-order valence-electron chi connectivity index (χ2n) is 11.1. The van der Waals surface area contributed by atoms with Crippen LogP contribution in [-0.4, -0.2) is 92.0 Å². The van der Waals surface area contributed by atoms with Crippen molar-refractivity contribution < 1.29 is 27.8 Å². The number of hydrogen-bond acceptors (Lipinski definition) is 10. The SMILES string of the molecule is CC(C)n1cnc2c(NCc3ccccc3-n3ccc(N4CCOCC4)n3)nc(N3CCC(N)CC3)nc21.O=C(O)C(F)(F)F. The number of nitrogens with zero attached hydrogens (tertiary/aromatic N) is 8. The van der Waals surface area contributed by atoms with E-state index in [1.54, 1.807) is 0 Å². The fourth-order valence-corrected chi connectivity index (χ4v) is 5.12. The van der Waals surface area contributed by atoms with Crippen LogP contribution in [0.3, 0.4) is 0 Å². The van der Waals surface area contributed by atoms with Crippen LogP contribution in [0.4, 0.5) is 30.8 Å². The van der Waals surface area contributed by atoms with Gasteiger partial charge in [0, 0.05) is 57.1 Å². The lowest BCUT2D eigenvalue weighted by Gasteiger charge is -2.30. The third-order valence-electron chi connectivity index (χ3n) is 7.63. The number of para-hydroxylation sites is 1. The van der Waals surface area contributed by atoms with Crippen molar-refractivity contribution in [3.8, 4) is 5.69 Å². The number of halogens is 3. The van der Waals surface area contributed by atoms with E-state index in [1.165, 1.54) is 0 Å². The first-order valence-electron chi connectivity index (χ1n) is 14.8. The molecule has 2 saturated heterocycles. The van der Waals surface area contributed by atoms with Crippen LogP contribution in [0.2, 0.25) is 0 Å². The predicted octanol–water partition coefficient (Wildman–Crippen LogP) is 3.60. The van der Waals surface area contributed by atoms with Crippen LogP contribution in [0, 0.1) is 0 Å². The van der Waals surface area contributed by atoms with Crippen LogP contribution in [0.1, 0.15) is 38.3 Å². The Morgan fingerprint density at radius 3 is 2.44 bits per heavy atom. The molecule has 6 rings (SSSR count). The number of anilines is 3. The maximum absolute atomic E-state index is 10.6. The maximum atomic E-state index is 10.6. The lowest BCUT2D eigenvalue weighted by Crippen LogP contribution is -2.40. The van der Waals surface area contributed by atoms with Crippen LogP contribution >= 0.6 is 0 Å². The van der Waals surface area contributed by atoms with E-state index in [1.807, 2.05) is 23.3 Å². The molecule has 2 fully saturated rings. The van der Waals surface area contributed by atoms with Gasteiger partial charge >= 0.3 is 12.1 Å². The van der Waals surface area contributed by atoms with Gasteiger partial charge in [0.25, 0.3) is 0 Å². The summed E-state index contributed by atoms with van der Waals surface area (Å²) in [6.45, 7) is 9.76. The van der Waals surface area contributed by atoms with Gasteiger partial charge in [0.05, 0.1) is 25.2 Å². The molecule has 1 aromatic carbocycles. The topological polar surface area (TPSA) is 152 Å². The van der Waals surface area contributed by atoms with Crippen molar-refractivity contribution in [3.63, 3.8) is 0 Å². The minimum atomic E-state index is -5.08. The van der Waals surface area contributed by atoms with Gasteiger partial charge in [0.2, 0.25) is 5.95 Å². The fraction of sp³-hybridized carbons (Fsp3) is 0.483. The van der Waals surface area contributed by atoms with Crippen LogP contribution < -0.4 is 20.9 Å². The van der Waals surface area contributed by atoms with Gasteiger partial charge in [-0.05, 0) is 38.3 Å². The van der Waals surface area contributed by atoms with E-state index in [4.69, 9.17) is 35.4 Å². The zero-order valence-electron chi connectivity index (χ0n) is 25.1. The lowest BCUT2D eigenvalue weighted by atomic mass is 10.1. The summed E-state index contributed by atoms with van der Waals surface area (Å²) in [6.07, 6.45) is 0.681. The Labute approximate surface area is 257 Å². The van der Waals surface area contributed by atoms with Gasteiger partial charge in [-0.2, -0.15) is 28.2 Å². The molecule has 0 amide bonds. The Balaban J connectivity index is 0.000000515. The average molecular weight is 631 g/mol. The number of hydrogen-bond donors (Lipinski definition) is 3. The van der Waals surface area contributed by atoms with Gasteiger partial charge in [-0.1, -0.05) is 18.2 Å². The Hall–Kier alpha value is -4.44. The molecule has 45 heavy (non-hydrogen) atoms. The second kappa shape index (κ2) is 13.7. The van der Waals surface area contributed by atoms with Crippen LogP contribution in [0.15, 0.2) is 42.9 Å². The van der Waals surface area contributed by atoms with Crippen molar-refractivity contribution in [1.82, 2.24) is 29.3 Å². The van der Waals surface area contributed by atoms with Crippen molar-refractivity contribution in [2.75, 3.05) is 54.5 Å². The second-order valence-corrected chi connectivity index (χ2v) is 11.1. The molecule has 0 radical (unpaired) electrons. The molecule has 0 unspecified atom stereocenters. The number of piperidine rings is 1. The van der Waals surface area contributed by atoms with E-state index >= 15 is 0 Å². The number of alkyl halides is 3. The number of morpholine rings is 1. The molecule has 0 aliphatic carbocycles. The zero-order chi connectivity index (χ0) is 32.1. The number of carbonyl (C=O) groups is 1. The van der Waals surface area contributed by atoms with Gasteiger partial charge in [-0.3, -0.25) is 0 Å². The Morgan fingerprint density at radius 1 is 1.09 bits per heavy atom. The van der Waals surface area contributed by atoms with Crippen molar-refractivity contribution in [1.29, 1.82) is 0 Å². The number of aliphatic carboxylic acids is 1. The molecule has 4 aromatic rings. The van der Waals surface area contributed by atoms with Crippen LogP contribution in [0.5, 0.6) is 0 Å². The highest BCUT2D eigenvalue weighted by Gasteiger charge is 2.38. The lowest BCUT2D eigenvalue weighted by molar-refractivity contribution is -0.192. The quantitative estimate of drug-likeness (QED) is 0.275. The normalized spacial score (nSPS) is 16.2. The summed E-state index contributed by atoms with van der Waals surface area (Å²) < 4.78 is 41.3. The van der Waals surface area contributed by atoms with Gasteiger partial charge in [0.1, 0.15) is 0 Å². The number of fused-ring (bicyclic) bond motifs is 1. The summed E-state index contributed by atoms with van der Waals surface area (Å²) in [6, 6.07) is 10.9. The van der Waals surface area contributed by atoms with Crippen molar-refractivity contribution in [2.45, 2.75) is 51.5 Å². The molecule has 242 valence electrons. The first-order valence-corrected chi connectivity index (χ1v) is 14.8. The fourth-order valence-electron chi connectivity index (χ4n) is 5.12. The summed E-state index contributed by atoms with van der Waals surface area (Å²) in [5, 5.41) is 15.6. The largest absolute Gasteiger partial charge is 0.490 e. The maximum Gasteiger partial charge on any atom is 0.490 e. The first-order chi connectivity index (χ1) is 21.5. The van der Waals surface area contributed by atoms with Crippen molar-refractivity contribution in [2.24, 2.45) is 5.73 Å². The van der Waals surface area contributed by atoms with Crippen molar-refractivity contribution >= 4 is 34.7 Å². The van der Waals surface area contributed by atoms with E-state index < -0.39 is 12.1 Å². The molecule has 16 heteroatoms. The van der Waals surface area contributed by atoms with E-state index in [9.17, 15) is 13.2 Å². The molecular weight excluding hydrogens is 593 g/mol. The summed E-state index contributed by atoms with van der Waals surface area (Å²) in [5.41, 5.74) is 9.92. The average Bonchev–Trinajstić information content (AvgIpc) is 3.69. The molecule has 13 nitrogen and oxygen atoms in total. The number of benzene rings is 1. The number of aromatic nitrogens is 6. The number of rotatable bonds is 7. The molecule has 3 aromatic heterocycles. The summed E-state index contributed by atoms with van der Waals surface area (Å²) in [4.78, 5) is 28.0. The third kappa shape index (κ3) is 7.62. The number of carboxylic acid groups (broad SMARTS) is 1. The third-order valence-corrected chi connectivity index (χ3v) is 7.63. The summed E-state index contributed by atoms with van der Waals surface area (Å²) in [7, 11) is 0. The molecule has 0 atom stereocenters. The molecule has 5 heterocycles. The molecule has 0 bridgehead atoms. The minimum Gasteiger partial charge on any atom is -0.475 e. The first kappa shape index (κ1) is 32.0. The number of nitrogens with two attached hydrogens (primary N) is 1. The standard InChI is InChI=1S/C27H36N10O.C2HF3O2/c1-19(2)36-18-30-24-25(31-27(32-26(24)36)35-10-7-21(28)8-11-35)29-17-20-5-3-4-6-22(20)37-12-9-23(33-37)34-13-15-38-16-14-34;3-2(4,5)1(6)7/h3-6,9,12,18-19,21H,7-8,10-11,13-17,28H2,1-2H3,(H,29,31,32);(H,6,7). The number of carboxylic acids is 1. The van der Waals surface area contributed by atoms with E-state index in [-0.39, 0.29) is 12.1 Å². The highest BCUT2D eigenvalue weighted by Crippen LogP contribution is 2.27. The number of nitrogens with one attached hydrogen (secondary N) is 1. The van der Waals surface area contributed by atoms with Crippen molar-refractivity contribution in [3.05, 3.63) is 48.4 Å². The molecular formula is C29H37F3N10O3. The Bertz CT molecular complexity index is 1590. The van der Waals surface area contributed by atoms with Crippen LogP contribution in [0.25, 0.3) is 16.9 Å². The smallest absolute Gasteiger partial charge is 0.475 e. The highest BCUT2D eigenvalue weighted by atomic mass is 19.4. The molecule has 2 aliphatic heterocycles. The van der Waals surface area contributed by atoms with Crippen LogP contribution in [-0.2, 0) is 16.1 Å². The van der Waals surface area contributed by atoms with Gasteiger partial charge in [-0.25, -0.2) is 14.5 Å². The number of imidazole rings is 1. The molecule has 0 spiro atoms. The molecule has 4 N–H and O–H groups in total. The van der Waals surface area contributed by atoms with E-state index in [0.717, 1.165) is 92.2 Å². The van der Waals surface area contributed by atoms with E-state index in [2.05, 4.69) is 62.8 Å². The predicted molar refractivity (Wildman–Crippen MR) is 163 cm³/mol. The zero-order valence-corrected chi connectivity index (χ0v) is 25.1. The van der Waals surface area contributed by atoms with E-state index in [0.29, 0.717) is 6.54 Å². The number of ether oxygens (including phenoxy) is 1. The molecule has 0 saturated carbocycles. The summed E-state index contributed by atoms with van der Waals surface area (Å²) in [5.74, 6) is -0.320. The minimum absolute atomic E-state index is 0.242. The van der Waals surface area contributed by atoms with Gasteiger partial charge in [-0.15, -0.1) is 0 Å². The van der Waals surface area contributed by atoms with Gasteiger partial charge in [0.15, 0.2) is 22.8 Å². The monoisotopic (exact) mass is 630 g/mol. The van der Waals surface area contributed by atoms with Gasteiger partial charge < -0.3 is 35.3 Å². The Morgan fingerprint density at radius 2 is 1.78 bits per heavy atom. The highest BCUT2D eigenvalue weighted by molar-refractivity contribution is 5.84. The Kier molecular flexibility index (Phi) is 9.72. The summed E-state index contributed by atoms with van der Waals surface area (Å²) >= 11 is 0. The molecule has 2 aliphatic rings.